The van der Waals surface area contributed by atoms with E-state index >= 15 is 0 Å². The largest absolute Gasteiger partial charge is 0.390 e. The lowest BCUT2D eigenvalue weighted by Crippen LogP contribution is -2.56. The van der Waals surface area contributed by atoms with Crippen molar-refractivity contribution in [1.29, 1.82) is 0 Å². The fourth-order valence-electron chi connectivity index (χ4n) is 6.47. The molecule has 5 nitrogen and oxygen atoms in total. The maximum absolute atomic E-state index is 13.0. The number of aromatic nitrogens is 2. The Morgan fingerprint density at radius 3 is 2.54 bits per heavy atom. The average molecular weight is 329 g/mol. The molecule has 6 rings (SSSR count). The lowest BCUT2D eigenvalue weighted by molar-refractivity contribution is -0.162. The van der Waals surface area contributed by atoms with Gasteiger partial charge in [0.1, 0.15) is 5.82 Å². The van der Waals surface area contributed by atoms with Crippen molar-refractivity contribution in [2.24, 2.45) is 17.3 Å². The summed E-state index contributed by atoms with van der Waals surface area (Å²) in [6, 6.07) is 0. The number of carbonyl (C=O) groups excluding carboxylic acids is 1. The van der Waals surface area contributed by atoms with Crippen LogP contribution in [0.5, 0.6) is 0 Å². The van der Waals surface area contributed by atoms with E-state index < -0.39 is 5.60 Å². The molecular formula is C19H27N3O2. The van der Waals surface area contributed by atoms with Crippen LogP contribution >= 0.6 is 0 Å². The predicted molar refractivity (Wildman–Crippen MR) is 90.7 cm³/mol. The fourth-order valence-corrected chi connectivity index (χ4v) is 6.47. The molecule has 4 bridgehead atoms. The molecule has 1 heterocycles. The molecule has 0 unspecified atom stereocenters. The highest BCUT2D eigenvalue weighted by Gasteiger charge is 2.57. The first-order valence-corrected chi connectivity index (χ1v) is 9.47. The Morgan fingerprint density at radius 2 is 1.96 bits per heavy atom. The molecule has 24 heavy (non-hydrogen) atoms. The summed E-state index contributed by atoms with van der Waals surface area (Å²) in [6.07, 6.45) is 8.89. The Morgan fingerprint density at radius 1 is 1.29 bits per heavy atom. The molecule has 0 saturated heterocycles. The standard InChI is InChI=1S/C19H27N3O2/c1-11-16(14-2-3-14)21-22(17(11)20)15(23)9-18-5-12-4-13(6-18)8-19(24,7-12)10-18/h12-14,24H,2-10,20H2,1H3/t12-,13-,18?,19?/m1/s1. The molecule has 3 N–H and O–H groups in total. The van der Waals surface area contributed by atoms with Crippen molar-refractivity contribution in [2.75, 3.05) is 5.73 Å². The van der Waals surface area contributed by atoms with Crippen LogP contribution in [0, 0.1) is 24.2 Å². The van der Waals surface area contributed by atoms with E-state index in [1.54, 1.807) is 0 Å². The normalized spacial score (nSPS) is 40.2. The number of hydrogen-bond acceptors (Lipinski definition) is 4. The minimum Gasteiger partial charge on any atom is -0.390 e. The number of hydrogen-bond donors (Lipinski definition) is 2. The second-order valence-corrected chi connectivity index (χ2v) is 9.34. The molecular weight excluding hydrogens is 302 g/mol. The van der Waals surface area contributed by atoms with Crippen LogP contribution in [0.2, 0.25) is 0 Å². The number of nitrogens with zero attached hydrogens (tertiary/aromatic N) is 2. The van der Waals surface area contributed by atoms with Gasteiger partial charge in [0.05, 0.1) is 11.3 Å². The van der Waals surface area contributed by atoms with Crippen LogP contribution in [-0.2, 0) is 0 Å². The minimum absolute atomic E-state index is 0.0213. The predicted octanol–water partition coefficient (Wildman–Crippen LogP) is 3.01. The summed E-state index contributed by atoms with van der Waals surface area (Å²) < 4.78 is 1.46. The summed E-state index contributed by atoms with van der Waals surface area (Å²) >= 11 is 0. The summed E-state index contributed by atoms with van der Waals surface area (Å²) in [7, 11) is 0. The van der Waals surface area contributed by atoms with Crippen LogP contribution in [-0.4, -0.2) is 26.4 Å². The third-order valence-corrected chi connectivity index (χ3v) is 7.08. The zero-order valence-electron chi connectivity index (χ0n) is 14.4. The first-order chi connectivity index (χ1) is 11.4. The van der Waals surface area contributed by atoms with Gasteiger partial charge in [-0.1, -0.05) is 0 Å². The van der Waals surface area contributed by atoms with Crippen molar-refractivity contribution in [1.82, 2.24) is 9.78 Å². The molecule has 0 spiro atoms. The van der Waals surface area contributed by atoms with Gasteiger partial charge in [0.2, 0.25) is 5.91 Å². The zero-order chi connectivity index (χ0) is 16.7. The van der Waals surface area contributed by atoms with Crippen LogP contribution in [0.3, 0.4) is 0 Å². The van der Waals surface area contributed by atoms with Gasteiger partial charge in [-0.2, -0.15) is 9.78 Å². The highest BCUT2D eigenvalue weighted by atomic mass is 16.3. The van der Waals surface area contributed by atoms with Gasteiger partial charge in [0.25, 0.3) is 0 Å². The van der Waals surface area contributed by atoms with Crippen molar-refractivity contribution in [2.45, 2.75) is 76.2 Å². The van der Waals surface area contributed by atoms with E-state index in [2.05, 4.69) is 5.10 Å². The highest BCUT2D eigenvalue weighted by molar-refractivity contribution is 5.82. The molecule has 5 aliphatic rings. The molecule has 5 heteroatoms. The maximum Gasteiger partial charge on any atom is 0.249 e. The van der Waals surface area contributed by atoms with Gasteiger partial charge in [-0.3, -0.25) is 4.79 Å². The topological polar surface area (TPSA) is 81.1 Å². The van der Waals surface area contributed by atoms with Crippen LogP contribution in [0.15, 0.2) is 0 Å². The quantitative estimate of drug-likeness (QED) is 0.893. The van der Waals surface area contributed by atoms with Crippen LogP contribution in [0.4, 0.5) is 5.82 Å². The number of carbonyl (C=O) groups is 1. The summed E-state index contributed by atoms with van der Waals surface area (Å²) in [4.78, 5) is 13.0. The summed E-state index contributed by atoms with van der Waals surface area (Å²) in [5, 5.41) is 15.4. The van der Waals surface area contributed by atoms with Gasteiger partial charge < -0.3 is 10.8 Å². The molecule has 2 atom stereocenters. The second kappa shape index (κ2) is 4.63. The zero-order valence-corrected chi connectivity index (χ0v) is 14.4. The van der Waals surface area contributed by atoms with Crippen molar-refractivity contribution < 1.29 is 9.90 Å². The third kappa shape index (κ3) is 2.17. The van der Waals surface area contributed by atoms with Gasteiger partial charge in [-0.15, -0.1) is 0 Å². The number of anilines is 1. The first-order valence-electron chi connectivity index (χ1n) is 9.47. The minimum atomic E-state index is -0.519. The Bertz CT molecular complexity index is 704. The molecule has 0 radical (unpaired) electrons. The Hall–Kier alpha value is -1.36. The van der Waals surface area contributed by atoms with Gasteiger partial charge >= 0.3 is 0 Å². The number of rotatable bonds is 3. The van der Waals surface area contributed by atoms with Crippen molar-refractivity contribution >= 4 is 11.7 Å². The van der Waals surface area contributed by atoms with Crippen LogP contribution in [0.1, 0.15) is 79.8 Å². The number of nitrogen functional groups attached to an aromatic ring is 1. The van der Waals surface area contributed by atoms with Crippen molar-refractivity contribution in [3.63, 3.8) is 0 Å². The Labute approximate surface area is 142 Å². The van der Waals surface area contributed by atoms with E-state index in [0.717, 1.165) is 56.2 Å². The Balaban J connectivity index is 1.42. The van der Waals surface area contributed by atoms with E-state index in [9.17, 15) is 9.90 Å². The lowest BCUT2D eigenvalue weighted by Gasteiger charge is -2.60. The molecule has 0 aliphatic heterocycles. The summed E-state index contributed by atoms with van der Waals surface area (Å²) in [5.74, 6) is 2.24. The average Bonchev–Trinajstić information content (AvgIpc) is 3.24. The highest BCUT2D eigenvalue weighted by Crippen LogP contribution is 2.62. The first kappa shape index (κ1) is 14.9. The van der Waals surface area contributed by atoms with E-state index in [1.165, 1.54) is 11.1 Å². The van der Waals surface area contributed by atoms with Gasteiger partial charge in [-0.25, -0.2) is 0 Å². The monoisotopic (exact) mass is 329 g/mol. The number of nitrogens with two attached hydrogens (primary N) is 1. The number of aliphatic hydroxyl groups is 1. The van der Waals surface area contributed by atoms with E-state index in [4.69, 9.17) is 5.73 Å². The molecule has 1 aromatic rings. The third-order valence-electron chi connectivity index (χ3n) is 7.08. The van der Waals surface area contributed by atoms with E-state index in [1.807, 2.05) is 6.92 Å². The molecule has 0 amide bonds. The molecule has 5 saturated carbocycles. The molecule has 0 aromatic carbocycles. The molecule has 5 fully saturated rings. The Kier molecular flexibility index (Phi) is 2.88. The molecule has 1 aromatic heterocycles. The van der Waals surface area contributed by atoms with Gasteiger partial charge in [-0.05, 0) is 75.5 Å². The fraction of sp³-hybridized carbons (Fsp3) is 0.789. The van der Waals surface area contributed by atoms with E-state index in [0.29, 0.717) is 30.0 Å². The molecule has 130 valence electrons. The lowest BCUT2D eigenvalue weighted by atomic mass is 9.47. The van der Waals surface area contributed by atoms with E-state index in [-0.39, 0.29) is 11.3 Å². The summed E-state index contributed by atoms with van der Waals surface area (Å²) in [6.45, 7) is 1.98. The van der Waals surface area contributed by atoms with Crippen LogP contribution in [0.25, 0.3) is 0 Å². The molecule has 5 aliphatic carbocycles. The SMILES string of the molecule is Cc1c(C2CC2)nn(C(=O)CC23C[C@H]4C[C@@H](CC(O)(C4)C2)C3)c1N. The van der Waals surface area contributed by atoms with Gasteiger partial charge in [0, 0.05) is 17.9 Å². The smallest absolute Gasteiger partial charge is 0.249 e. The van der Waals surface area contributed by atoms with Crippen molar-refractivity contribution in [3.8, 4) is 0 Å². The van der Waals surface area contributed by atoms with Crippen LogP contribution < -0.4 is 5.73 Å². The summed E-state index contributed by atoms with van der Waals surface area (Å²) in [5.41, 5.74) is 7.65. The maximum atomic E-state index is 13.0. The van der Waals surface area contributed by atoms with Gasteiger partial charge in [0.15, 0.2) is 0 Å². The van der Waals surface area contributed by atoms with Crippen molar-refractivity contribution in [3.05, 3.63) is 11.3 Å². The second-order valence-electron chi connectivity index (χ2n) is 9.34.